The first-order valence-electron chi connectivity index (χ1n) is 6.96. The average molecular weight is 304 g/mol. The van der Waals surface area contributed by atoms with E-state index in [2.05, 4.69) is 10.3 Å². The summed E-state index contributed by atoms with van der Waals surface area (Å²) in [6.45, 7) is 0.990. The van der Waals surface area contributed by atoms with E-state index in [9.17, 15) is 13.2 Å². The standard InChI is InChI=1S/C17H15F3N2/c18-17(19,20)14-5-3-4-12(8-14)9-21-10-13-11-22-16-7-2-1-6-15(13)16/h1-8,11,21-22H,9-10H2. The second kappa shape index (κ2) is 5.85. The summed E-state index contributed by atoms with van der Waals surface area (Å²) in [5, 5.41) is 4.31. The Morgan fingerprint density at radius 1 is 0.955 bits per heavy atom. The van der Waals surface area contributed by atoms with Gasteiger partial charge in [-0.15, -0.1) is 0 Å². The highest BCUT2D eigenvalue weighted by Crippen LogP contribution is 2.29. The minimum absolute atomic E-state index is 0.392. The smallest absolute Gasteiger partial charge is 0.361 e. The van der Waals surface area contributed by atoms with Crippen LogP contribution in [0.1, 0.15) is 16.7 Å². The summed E-state index contributed by atoms with van der Waals surface area (Å²) in [6, 6.07) is 13.3. The Hall–Kier alpha value is -2.27. The van der Waals surface area contributed by atoms with E-state index in [4.69, 9.17) is 0 Å². The lowest BCUT2D eigenvalue weighted by molar-refractivity contribution is -0.137. The molecule has 1 heterocycles. The van der Waals surface area contributed by atoms with Gasteiger partial charge in [-0.3, -0.25) is 0 Å². The molecule has 0 aliphatic heterocycles. The highest BCUT2D eigenvalue weighted by Gasteiger charge is 2.30. The van der Waals surface area contributed by atoms with Crippen LogP contribution in [0, 0.1) is 0 Å². The first-order chi connectivity index (χ1) is 10.5. The molecular weight excluding hydrogens is 289 g/mol. The third-order valence-electron chi connectivity index (χ3n) is 3.57. The normalized spacial score (nSPS) is 12.0. The highest BCUT2D eigenvalue weighted by atomic mass is 19.4. The average Bonchev–Trinajstić information content (AvgIpc) is 2.90. The van der Waals surface area contributed by atoms with Crippen molar-refractivity contribution in [1.82, 2.24) is 10.3 Å². The first-order valence-corrected chi connectivity index (χ1v) is 6.96. The van der Waals surface area contributed by atoms with E-state index in [0.717, 1.165) is 22.5 Å². The fourth-order valence-electron chi connectivity index (χ4n) is 2.48. The lowest BCUT2D eigenvalue weighted by Crippen LogP contribution is -2.13. The van der Waals surface area contributed by atoms with Crippen molar-refractivity contribution in [3.05, 3.63) is 71.4 Å². The minimum Gasteiger partial charge on any atom is -0.361 e. The molecule has 1 aromatic heterocycles. The molecule has 3 aromatic rings. The Kier molecular flexibility index (Phi) is 3.90. The van der Waals surface area contributed by atoms with Crippen LogP contribution in [0.4, 0.5) is 13.2 Å². The van der Waals surface area contributed by atoms with Gasteiger partial charge in [0.05, 0.1) is 5.56 Å². The van der Waals surface area contributed by atoms with Crippen molar-refractivity contribution < 1.29 is 13.2 Å². The van der Waals surface area contributed by atoms with Gasteiger partial charge < -0.3 is 10.3 Å². The number of nitrogens with one attached hydrogen (secondary N) is 2. The Bertz CT molecular complexity index is 775. The maximum atomic E-state index is 12.7. The second-order valence-corrected chi connectivity index (χ2v) is 5.16. The van der Waals surface area contributed by atoms with Crippen LogP contribution in [0.5, 0.6) is 0 Å². The van der Waals surface area contributed by atoms with Gasteiger partial charge in [-0.1, -0.05) is 36.4 Å². The molecule has 2 N–H and O–H groups in total. The van der Waals surface area contributed by atoms with Crippen LogP contribution in [0.25, 0.3) is 10.9 Å². The summed E-state index contributed by atoms with van der Waals surface area (Å²) in [7, 11) is 0. The van der Waals surface area contributed by atoms with Crippen molar-refractivity contribution in [3.63, 3.8) is 0 Å². The molecule has 0 radical (unpaired) electrons. The fraction of sp³-hybridized carbons (Fsp3) is 0.176. The maximum absolute atomic E-state index is 12.7. The number of aromatic amines is 1. The van der Waals surface area contributed by atoms with Gasteiger partial charge in [0, 0.05) is 30.2 Å². The predicted octanol–water partition coefficient (Wildman–Crippen LogP) is 4.48. The number of fused-ring (bicyclic) bond motifs is 1. The number of alkyl halides is 3. The highest BCUT2D eigenvalue weighted by molar-refractivity contribution is 5.82. The van der Waals surface area contributed by atoms with E-state index in [1.54, 1.807) is 6.07 Å². The summed E-state index contributed by atoms with van der Waals surface area (Å²) in [5.74, 6) is 0. The maximum Gasteiger partial charge on any atom is 0.416 e. The van der Waals surface area contributed by atoms with Crippen LogP contribution in [0.2, 0.25) is 0 Å². The Morgan fingerprint density at radius 2 is 1.77 bits per heavy atom. The predicted molar refractivity (Wildman–Crippen MR) is 80.3 cm³/mol. The Labute approximate surface area is 126 Å². The van der Waals surface area contributed by atoms with Crippen LogP contribution < -0.4 is 5.32 Å². The molecule has 5 heteroatoms. The van der Waals surface area contributed by atoms with E-state index in [0.29, 0.717) is 18.7 Å². The van der Waals surface area contributed by atoms with E-state index < -0.39 is 11.7 Å². The molecule has 0 saturated carbocycles. The van der Waals surface area contributed by atoms with Gasteiger partial charge in [-0.05, 0) is 23.3 Å². The van der Waals surface area contributed by atoms with Crippen molar-refractivity contribution in [2.24, 2.45) is 0 Å². The molecule has 2 nitrogen and oxygen atoms in total. The monoisotopic (exact) mass is 304 g/mol. The van der Waals surface area contributed by atoms with Gasteiger partial charge in [0.1, 0.15) is 0 Å². The third kappa shape index (κ3) is 3.14. The molecule has 2 aromatic carbocycles. The number of aromatic nitrogens is 1. The zero-order chi connectivity index (χ0) is 15.6. The number of hydrogen-bond acceptors (Lipinski definition) is 1. The molecule has 22 heavy (non-hydrogen) atoms. The molecule has 0 fully saturated rings. The number of benzene rings is 2. The van der Waals surface area contributed by atoms with Crippen LogP contribution in [-0.2, 0) is 19.3 Å². The van der Waals surface area contributed by atoms with Crippen molar-refractivity contribution in [3.8, 4) is 0 Å². The lowest BCUT2D eigenvalue weighted by Gasteiger charge is -2.09. The van der Waals surface area contributed by atoms with Gasteiger partial charge in [0.25, 0.3) is 0 Å². The molecule has 0 unspecified atom stereocenters. The van der Waals surface area contributed by atoms with Gasteiger partial charge in [0.2, 0.25) is 0 Å². The van der Waals surface area contributed by atoms with Crippen LogP contribution >= 0.6 is 0 Å². The lowest BCUT2D eigenvalue weighted by atomic mass is 10.1. The van der Waals surface area contributed by atoms with Gasteiger partial charge in [-0.25, -0.2) is 0 Å². The summed E-state index contributed by atoms with van der Waals surface area (Å²) in [6.07, 6.45) is -2.38. The van der Waals surface area contributed by atoms with E-state index in [1.807, 2.05) is 30.5 Å². The van der Waals surface area contributed by atoms with E-state index in [1.165, 1.54) is 12.1 Å². The van der Waals surface area contributed by atoms with Crippen LogP contribution in [-0.4, -0.2) is 4.98 Å². The number of para-hydroxylation sites is 1. The van der Waals surface area contributed by atoms with Gasteiger partial charge >= 0.3 is 6.18 Å². The van der Waals surface area contributed by atoms with Crippen molar-refractivity contribution in [2.75, 3.05) is 0 Å². The van der Waals surface area contributed by atoms with Crippen LogP contribution in [0.3, 0.4) is 0 Å². The quantitative estimate of drug-likeness (QED) is 0.731. The topological polar surface area (TPSA) is 27.8 Å². The molecule has 0 amide bonds. The number of hydrogen-bond donors (Lipinski definition) is 2. The summed E-state index contributed by atoms with van der Waals surface area (Å²) in [4.78, 5) is 3.18. The number of rotatable bonds is 4. The molecule has 3 rings (SSSR count). The van der Waals surface area contributed by atoms with Crippen molar-refractivity contribution >= 4 is 10.9 Å². The van der Waals surface area contributed by atoms with Gasteiger partial charge in [-0.2, -0.15) is 13.2 Å². The van der Waals surface area contributed by atoms with Crippen LogP contribution in [0.15, 0.2) is 54.7 Å². The summed E-state index contributed by atoms with van der Waals surface area (Å²) < 4.78 is 38.0. The summed E-state index contributed by atoms with van der Waals surface area (Å²) in [5.41, 5.74) is 2.16. The largest absolute Gasteiger partial charge is 0.416 e. The number of H-pyrrole nitrogens is 1. The molecule has 0 spiro atoms. The van der Waals surface area contributed by atoms with Gasteiger partial charge in [0.15, 0.2) is 0 Å². The zero-order valence-corrected chi connectivity index (χ0v) is 11.7. The molecule has 114 valence electrons. The zero-order valence-electron chi connectivity index (χ0n) is 11.7. The van der Waals surface area contributed by atoms with Crippen molar-refractivity contribution in [2.45, 2.75) is 19.3 Å². The van der Waals surface area contributed by atoms with E-state index in [-0.39, 0.29) is 0 Å². The number of halogens is 3. The molecule has 0 aliphatic carbocycles. The Balaban J connectivity index is 1.66. The molecule has 0 atom stereocenters. The molecule has 0 aliphatic rings. The Morgan fingerprint density at radius 3 is 2.59 bits per heavy atom. The molecular formula is C17H15F3N2. The summed E-state index contributed by atoms with van der Waals surface area (Å²) >= 11 is 0. The minimum atomic E-state index is -4.30. The van der Waals surface area contributed by atoms with Crippen molar-refractivity contribution in [1.29, 1.82) is 0 Å². The molecule has 0 saturated heterocycles. The SMILES string of the molecule is FC(F)(F)c1cccc(CNCc2c[nH]c3ccccc23)c1. The van der Waals surface area contributed by atoms with E-state index >= 15 is 0 Å². The first kappa shape index (κ1) is 14.7. The molecule has 0 bridgehead atoms. The third-order valence-corrected chi connectivity index (χ3v) is 3.57. The fourth-order valence-corrected chi connectivity index (χ4v) is 2.48. The second-order valence-electron chi connectivity index (χ2n) is 5.16.